The molecule has 1 rings (SSSR count). The van der Waals surface area contributed by atoms with E-state index in [2.05, 4.69) is 6.92 Å². The fraction of sp³-hybridized carbons (Fsp3) is 0.500. The number of nitrogens with two attached hydrogens (primary N) is 1. The Morgan fingerprint density at radius 3 is 2.86 bits per heavy atom. The number of anilines is 1. The maximum absolute atomic E-state index is 8.75. The quantitative estimate of drug-likeness (QED) is 0.739. The maximum Gasteiger partial charge on any atom is 0.218 e. The number of rotatable bonds is 4. The minimum atomic E-state index is 0.522. The molecule has 4 heteroatoms. The van der Waals surface area contributed by atoms with Gasteiger partial charge in [-0.15, -0.1) is 0 Å². The molecule has 4 nitrogen and oxygen atoms in total. The Morgan fingerprint density at radius 1 is 1.64 bits per heavy atom. The Morgan fingerprint density at radius 2 is 2.36 bits per heavy atom. The van der Waals surface area contributed by atoms with Gasteiger partial charge in [0.2, 0.25) is 5.88 Å². The van der Waals surface area contributed by atoms with Crippen molar-refractivity contribution in [3.05, 3.63) is 11.8 Å². The molecule has 1 aromatic heterocycles. The van der Waals surface area contributed by atoms with Gasteiger partial charge in [-0.25, -0.2) is 0 Å². The van der Waals surface area contributed by atoms with E-state index in [-0.39, 0.29) is 0 Å². The molecular weight excluding hydrogens is 178 g/mol. The van der Waals surface area contributed by atoms with E-state index in [9.17, 15) is 0 Å². The van der Waals surface area contributed by atoms with Gasteiger partial charge in [0.25, 0.3) is 0 Å². The smallest absolute Gasteiger partial charge is 0.218 e. The molecular formula is C10H15N3O. The molecule has 14 heavy (non-hydrogen) atoms. The van der Waals surface area contributed by atoms with E-state index in [1.807, 2.05) is 6.07 Å². The highest BCUT2D eigenvalue weighted by Crippen LogP contribution is 2.24. The molecule has 0 atom stereocenters. The third-order valence-electron chi connectivity index (χ3n) is 2.06. The third-order valence-corrected chi connectivity index (χ3v) is 2.06. The Labute approximate surface area is 83.9 Å². The summed E-state index contributed by atoms with van der Waals surface area (Å²) in [5.41, 5.74) is 6.75. The fourth-order valence-corrected chi connectivity index (χ4v) is 1.21. The second-order valence-electron chi connectivity index (χ2n) is 3.16. The van der Waals surface area contributed by atoms with Crippen LogP contribution in [-0.2, 0) is 7.05 Å². The van der Waals surface area contributed by atoms with Crippen LogP contribution in [0.25, 0.3) is 0 Å². The van der Waals surface area contributed by atoms with E-state index in [1.165, 1.54) is 0 Å². The second-order valence-corrected chi connectivity index (χ2v) is 3.16. The van der Waals surface area contributed by atoms with Crippen LogP contribution >= 0.6 is 0 Å². The average molecular weight is 193 g/mol. The van der Waals surface area contributed by atoms with Gasteiger partial charge in [0.1, 0.15) is 11.8 Å². The van der Waals surface area contributed by atoms with Crippen molar-refractivity contribution in [2.24, 2.45) is 7.05 Å². The molecule has 1 heterocycles. The van der Waals surface area contributed by atoms with E-state index < -0.39 is 0 Å². The summed E-state index contributed by atoms with van der Waals surface area (Å²) in [7, 11) is 1.77. The predicted molar refractivity (Wildman–Crippen MR) is 54.9 cm³/mol. The number of hydrogen-bond acceptors (Lipinski definition) is 3. The number of aromatic nitrogens is 1. The standard InChI is InChI=1S/C10H15N3O/c1-3-4-5-14-10-9(12)6-8(7-11)13(10)2/h6H,3-5,12H2,1-2H3. The number of nitriles is 1. The Hall–Kier alpha value is -1.63. The van der Waals surface area contributed by atoms with Crippen LogP contribution < -0.4 is 10.5 Å². The number of nitrogen functional groups attached to an aromatic ring is 1. The topological polar surface area (TPSA) is 64.0 Å². The molecule has 76 valence electrons. The minimum Gasteiger partial charge on any atom is -0.477 e. The third kappa shape index (κ3) is 1.99. The van der Waals surface area contributed by atoms with Crippen LogP contribution in [0.1, 0.15) is 25.5 Å². The zero-order valence-corrected chi connectivity index (χ0v) is 8.58. The van der Waals surface area contributed by atoms with Crippen LogP contribution in [0.3, 0.4) is 0 Å². The SMILES string of the molecule is CCCCOc1c(N)cc(C#N)n1C. The monoisotopic (exact) mass is 193 g/mol. The zero-order chi connectivity index (χ0) is 10.6. The van der Waals surface area contributed by atoms with Crippen LogP contribution in [0.2, 0.25) is 0 Å². The summed E-state index contributed by atoms with van der Waals surface area (Å²) in [4.78, 5) is 0. The molecule has 0 saturated carbocycles. The normalized spacial score (nSPS) is 9.79. The van der Waals surface area contributed by atoms with Gasteiger partial charge in [-0.3, -0.25) is 0 Å². The van der Waals surface area contributed by atoms with Crippen molar-refractivity contribution in [1.82, 2.24) is 4.57 Å². The Kier molecular flexibility index (Phi) is 3.41. The minimum absolute atomic E-state index is 0.522. The van der Waals surface area contributed by atoms with Gasteiger partial charge < -0.3 is 15.0 Å². The summed E-state index contributed by atoms with van der Waals surface area (Å²) in [6.07, 6.45) is 2.07. The Bertz CT molecular complexity index is 349. The fourth-order valence-electron chi connectivity index (χ4n) is 1.21. The van der Waals surface area contributed by atoms with Crippen molar-refractivity contribution >= 4 is 5.69 Å². The predicted octanol–water partition coefficient (Wildman–Crippen LogP) is 1.66. The van der Waals surface area contributed by atoms with Gasteiger partial charge in [0.15, 0.2) is 0 Å². The lowest BCUT2D eigenvalue weighted by Gasteiger charge is -2.07. The van der Waals surface area contributed by atoms with Gasteiger partial charge in [0.05, 0.1) is 12.3 Å². The molecule has 0 aliphatic rings. The summed E-state index contributed by atoms with van der Waals surface area (Å²) in [6, 6.07) is 3.68. The van der Waals surface area contributed by atoms with Crippen LogP contribution in [0.4, 0.5) is 5.69 Å². The lowest BCUT2D eigenvalue weighted by Crippen LogP contribution is -2.03. The van der Waals surface area contributed by atoms with Crippen molar-refractivity contribution in [2.45, 2.75) is 19.8 Å². The summed E-state index contributed by atoms with van der Waals surface area (Å²) in [6.45, 7) is 2.74. The number of ether oxygens (including phenoxy) is 1. The molecule has 0 aliphatic carbocycles. The lowest BCUT2D eigenvalue weighted by molar-refractivity contribution is 0.289. The van der Waals surface area contributed by atoms with Crippen LogP contribution in [0.15, 0.2) is 6.07 Å². The first-order chi connectivity index (χ1) is 6.70. The van der Waals surface area contributed by atoms with E-state index in [0.717, 1.165) is 12.8 Å². The van der Waals surface area contributed by atoms with Crippen molar-refractivity contribution in [3.8, 4) is 11.9 Å². The van der Waals surface area contributed by atoms with E-state index in [4.69, 9.17) is 15.7 Å². The number of nitrogens with zero attached hydrogens (tertiary/aromatic N) is 2. The van der Waals surface area contributed by atoms with E-state index in [0.29, 0.717) is 23.9 Å². The first-order valence-corrected chi connectivity index (χ1v) is 4.68. The van der Waals surface area contributed by atoms with E-state index in [1.54, 1.807) is 17.7 Å². The lowest BCUT2D eigenvalue weighted by atomic mass is 10.4. The first kappa shape index (κ1) is 10.5. The molecule has 0 radical (unpaired) electrons. The van der Waals surface area contributed by atoms with Gasteiger partial charge in [0, 0.05) is 13.1 Å². The van der Waals surface area contributed by atoms with Crippen LogP contribution in [0, 0.1) is 11.3 Å². The van der Waals surface area contributed by atoms with Crippen molar-refractivity contribution in [1.29, 1.82) is 5.26 Å². The van der Waals surface area contributed by atoms with Gasteiger partial charge >= 0.3 is 0 Å². The van der Waals surface area contributed by atoms with Gasteiger partial charge in [-0.05, 0) is 6.42 Å². The highest BCUT2D eigenvalue weighted by atomic mass is 16.5. The maximum atomic E-state index is 8.75. The van der Waals surface area contributed by atoms with Crippen molar-refractivity contribution in [2.75, 3.05) is 12.3 Å². The largest absolute Gasteiger partial charge is 0.477 e. The molecule has 0 aromatic carbocycles. The molecule has 0 amide bonds. The highest BCUT2D eigenvalue weighted by Gasteiger charge is 2.10. The second kappa shape index (κ2) is 4.56. The average Bonchev–Trinajstić information content (AvgIpc) is 2.45. The zero-order valence-electron chi connectivity index (χ0n) is 8.58. The van der Waals surface area contributed by atoms with E-state index >= 15 is 0 Å². The highest BCUT2D eigenvalue weighted by molar-refractivity contribution is 5.54. The first-order valence-electron chi connectivity index (χ1n) is 4.68. The van der Waals surface area contributed by atoms with Crippen molar-refractivity contribution < 1.29 is 4.74 Å². The molecule has 0 spiro atoms. The van der Waals surface area contributed by atoms with Crippen LogP contribution in [0.5, 0.6) is 5.88 Å². The Balaban J connectivity index is 2.76. The van der Waals surface area contributed by atoms with Gasteiger partial charge in [-0.2, -0.15) is 5.26 Å². The molecule has 0 fully saturated rings. The molecule has 0 bridgehead atoms. The number of unbranched alkanes of at least 4 members (excludes halogenated alkanes) is 1. The summed E-state index contributed by atoms with van der Waals surface area (Å²) in [5.74, 6) is 0.593. The summed E-state index contributed by atoms with van der Waals surface area (Å²) >= 11 is 0. The molecule has 0 saturated heterocycles. The molecule has 2 N–H and O–H groups in total. The molecule has 1 aromatic rings. The van der Waals surface area contributed by atoms with Gasteiger partial charge in [-0.1, -0.05) is 13.3 Å². The summed E-state index contributed by atoms with van der Waals surface area (Å²) in [5, 5.41) is 8.75. The number of hydrogen-bond donors (Lipinski definition) is 1. The molecule has 0 unspecified atom stereocenters. The summed E-state index contributed by atoms with van der Waals surface area (Å²) < 4.78 is 7.15. The van der Waals surface area contributed by atoms with Crippen LogP contribution in [-0.4, -0.2) is 11.2 Å². The van der Waals surface area contributed by atoms with Crippen molar-refractivity contribution in [3.63, 3.8) is 0 Å². The molecule has 0 aliphatic heterocycles.